The molecule has 0 fully saturated rings. The highest BCUT2D eigenvalue weighted by atomic mass is 16.4. The Morgan fingerprint density at radius 3 is 2.57 bits per heavy atom. The number of carboxylic acid groups (broad SMARTS) is 1. The van der Waals surface area contributed by atoms with E-state index in [1.54, 1.807) is 0 Å². The summed E-state index contributed by atoms with van der Waals surface area (Å²) in [6.07, 6.45) is 0. The average Bonchev–Trinajstić information content (AvgIpc) is 2.11. The number of hydrogen-bond acceptors (Lipinski definition) is 2. The molecule has 1 atom stereocenters. The Morgan fingerprint density at radius 2 is 2.07 bits per heavy atom. The van der Waals surface area contributed by atoms with E-state index in [1.165, 1.54) is 0 Å². The van der Waals surface area contributed by atoms with Crippen LogP contribution in [0.4, 0.5) is 0 Å². The fourth-order valence-electron chi connectivity index (χ4n) is 1.44. The molecule has 0 amide bonds. The summed E-state index contributed by atoms with van der Waals surface area (Å²) in [4.78, 5) is 10.8. The van der Waals surface area contributed by atoms with Crippen LogP contribution in [-0.4, -0.2) is 22.8 Å². The van der Waals surface area contributed by atoms with Crippen LogP contribution in [0.15, 0.2) is 18.2 Å². The quantitative estimate of drug-likeness (QED) is 0.766. The molecule has 1 aromatic rings. The Morgan fingerprint density at radius 1 is 1.43 bits per heavy atom. The predicted molar refractivity (Wildman–Crippen MR) is 53.4 cm³/mol. The lowest BCUT2D eigenvalue weighted by Gasteiger charge is -2.13. The predicted octanol–water partition coefficient (Wildman–Crippen LogP) is 1.46. The first-order valence-electron chi connectivity index (χ1n) is 4.47. The molecule has 0 aliphatic carbocycles. The minimum absolute atomic E-state index is 0.361. The Balaban J connectivity index is 3.15. The maximum Gasteiger partial charge on any atom is 0.313 e. The number of hydrogen-bond donors (Lipinski definition) is 2. The molecule has 3 heteroatoms. The summed E-state index contributed by atoms with van der Waals surface area (Å²) in [5, 5.41) is 17.9. The molecule has 0 saturated heterocycles. The van der Waals surface area contributed by atoms with Crippen LogP contribution in [0, 0.1) is 13.8 Å². The van der Waals surface area contributed by atoms with Crippen LogP contribution in [0.2, 0.25) is 0 Å². The highest BCUT2D eigenvalue weighted by Crippen LogP contribution is 2.21. The van der Waals surface area contributed by atoms with Gasteiger partial charge in [0.2, 0.25) is 0 Å². The smallest absolute Gasteiger partial charge is 0.313 e. The minimum atomic E-state index is -0.985. The van der Waals surface area contributed by atoms with Gasteiger partial charge in [-0.15, -0.1) is 0 Å². The molecule has 0 aromatic heterocycles. The fraction of sp³-hybridized carbons (Fsp3) is 0.364. The van der Waals surface area contributed by atoms with Crippen molar-refractivity contribution in [3.05, 3.63) is 34.9 Å². The van der Waals surface area contributed by atoms with Crippen molar-refractivity contribution < 1.29 is 15.0 Å². The number of aliphatic hydroxyl groups excluding tert-OH is 1. The Hall–Kier alpha value is -1.35. The van der Waals surface area contributed by atoms with Crippen molar-refractivity contribution in [3.63, 3.8) is 0 Å². The van der Waals surface area contributed by atoms with Crippen molar-refractivity contribution in [2.75, 3.05) is 6.61 Å². The van der Waals surface area contributed by atoms with Crippen LogP contribution in [0.25, 0.3) is 0 Å². The minimum Gasteiger partial charge on any atom is -0.481 e. The summed E-state index contributed by atoms with van der Waals surface area (Å²) < 4.78 is 0. The molecule has 0 saturated carbocycles. The van der Waals surface area contributed by atoms with Crippen LogP contribution in [-0.2, 0) is 4.79 Å². The van der Waals surface area contributed by atoms with Crippen LogP contribution in [0.5, 0.6) is 0 Å². The van der Waals surface area contributed by atoms with Crippen LogP contribution >= 0.6 is 0 Å². The lowest BCUT2D eigenvalue weighted by molar-refractivity contribution is -0.139. The molecular formula is C11H14O3. The molecule has 3 nitrogen and oxygen atoms in total. The first kappa shape index (κ1) is 10.7. The van der Waals surface area contributed by atoms with Gasteiger partial charge in [0.25, 0.3) is 0 Å². The van der Waals surface area contributed by atoms with Crippen LogP contribution in [0.1, 0.15) is 22.6 Å². The molecule has 0 heterocycles. The standard InChI is InChI=1S/C11H14O3/c1-7-3-4-8(2)9(5-7)10(6-12)11(13)14/h3-5,10,12H,6H2,1-2H3,(H,13,14)/t10-/m0/s1. The summed E-state index contributed by atoms with van der Waals surface area (Å²) >= 11 is 0. The van der Waals surface area contributed by atoms with Gasteiger partial charge in [-0.25, -0.2) is 0 Å². The number of carboxylic acids is 1. The number of carbonyl (C=O) groups is 1. The van der Waals surface area contributed by atoms with Crippen molar-refractivity contribution in [1.29, 1.82) is 0 Å². The SMILES string of the molecule is Cc1ccc(C)c([C@H](CO)C(=O)O)c1. The molecule has 0 bridgehead atoms. The van der Waals surface area contributed by atoms with Crippen LogP contribution in [0.3, 0.4) is 0 Å². The lowest BCUT2D eigenvalue weighted by Crippen LogP contribution is -2.16. The van der Waals surface area contributed by atoms with Gasteiger partial charge in [0.1, 0.15) is 5.92 Å². The van der Waals surface area contributed by atoms with Crippen molar-refractivity contribution in [3.8, 4) is 0 Å². The molecule has 76 valence electrons. The van der Waals surface area contributed by atoms with E-state index in [1.807, 2.05) is 32.0 Å². The molecule has 2 N–H and O–H groups in total. The summed E-state index contributed by atoms with van der Waals surface area (Å²) in [5.41, 5.74) is 2.60. The second-order valence-corrected chi connectivity index (χ2v) is 3.43. The summed E-state index contributed by atoms with van der Waals surface area (Å²) in [7, 11) is 0. The molecule has 0 unspecified atom stereocenters. The molecule has 1 rings (SSSR count). The van der Waals surface area contributed by atoms with Gasteiger partial charge in [0.05, 0.1) is 6.61 Å². The number of benzene rings is 1. The van der Waals surface area contributed by atoms with Crippen LogP contribution < -0.4 is 0 Å². The van der Waals surface area contributed by atoms with E-state index >= 15 is 0 Å². The maximum atomic E-state index is 10.8. The zero-order valence-corrected chi connectivity index (χ0v) is 8.32. The van der Waals surface area contributed by atoms with Crippen molar-refractivity contribution in [2.24, 2.45) is 0 Å². The third-order valence-corrected chi connectivity index (χ3v) is 2.29. The van der Waals surface area contributed by atoms with Gasteiger partial charge < -0.3 is 10.2 Å². The van der Waals surface area contributed by atoms with Gasteiger partial charge in [0.15, 0.2) is 0 Å². The number of rotatable bonds is 3. The van der Waals surface area contributed by atoms with Crippen molar-refractivity contribution in [2.45, 2.75) is 19.8 Å². The van der Waals surface area contributed by atoms with Gasteiger partial charge >= 0.3 is 5.97 Å². The highest BCUT2D eigenvalue weighted by Gasteiger charge is 2.20. The first-order valence-corrected chi connectivity index (χ1v) is 4.47. The molecule has 0 spiro atoms. The topological polar surface area (TPSA) is 57.5 Å². The number of aryl methyl sites for hydroxylation is 2. The molecular weight excluding hydrogens is 180 g/mol. The van der Waals surface area contributed by atoms with Crippen molar-refractivity contribution in [1.82, 2.24) is 0 Å². The second-order valence-electron chi connectivity index (χ2n) is 3.43. The Bertz CT molecular complexity index is 344. The van der Waals surface area contributed by atoms with E-state index in [-0.39, 0.29) is 6.61 Å². The van der Waals surface area contributed by atoms with Gasteiger partial charge in [-0.1, -0.05) is 23.8 Å². The largest absolute Gasteiger partial charge is 0.481 e. The van der Waals surface area contributed by atoms with Gasteiger partial charge in [0, 0.05) is 0 Å². The van der Waals surface area contributed by atoms with Gasteiger partial charge in [-0.3, -0.25) is 4.79 Å². The molecule has 1 aromatic carbocycles. The number of aliphatic hydroxyl groups is 1. The molecule has 14 heavy (non-hydrogen) atoms. The van der Waals surface area contributed by atoms with E-state index < -0.39 is 11.9 Å². The second kappa shape index (κ2) is 4.24. The third kappa shape index (κ3) is 2.12. The van der Waals surface area contributed by atoms with E-state index in [2.05, 4.69) is 0 Å². The summed E-state index contributed by atoms with van der Waals surface area (Å²) in [6, 6.07) is 5.61. The third-order valence-electron chi connectivity index (χ3n) is 2.29. The molecule has 0 radical (unpaired) electrons. The average molecular weight is 194 g/mol. The molecule has 0 aliphatic heterocycles. The lowest BCUT2D eigenvalue weighted by atomic mass is 9.94. The normalized spacial score (nSPS) is 12.5. The number of aliphatic carboxylic acids is 1. The monoisotopic (exact) mass is 194 g/mol. The van der Waals surface area contributed by atoms with E-state index in [0.717, 1.165) is 11.1 Å². The zero-order valence-electron chi connectivity index (χ0n) is 8.32. The summed E-state index contributed by atoms with van der Waals surface area (Å²) in [6.45, 7) is 3.39. The highest BCUT2D eigenvalue weighted by molar-refractivity contribution is 5.76. The van der Waals surface area contributed by atoms with E-state index in [0.29, 0.717) is 5.56 Å². The van der Waals surface area contributed by atoms with E-state index in [9.17, 15) is 4.79 Å². The van der Waals surface area contributed by atoms with Gasteiger partial charge in [-0.05, 0) is 25.0 Å². The molecule has 0 aliphatic rings. The maximum absolute atomic E-state index is 10.8. The van der Waals surface area contributed by atoms with E-state index in [4.69, 9.17) is 10.2 Å². The Kier molecular flexibility index (Phi) is 3.25. The van der Waals surface area contributed by atoms with Gasteiger partial charge in [-0.2, -0.15) is 0 Å². The van der Waals surface area contributed by atoms with Crippen molar-refractivity contribution >= 4 is 5.97 Å². The first-order chi connectivity index (χ1) is 6.56. The summed E-state index contributed by atoms with van der Waals surface area (Å²) in [5.74, 6) is -1.80. The Labute approximate surface area is 83.0 Å². The fourth-order valence-corrected chi connectivity index (χ4v) is 1.44. The zero-order chi connectivity index (χ0) is 10.7.